The highest BCUT2D eigenvalue weighted by molar-refractivity contribution is 7.91. The van der Waals surface area contributed by atoms with Crippen LogP contribution in [0.5, 0.6) is 0 Å². The second-order valence-electron chi connectivity index (χ2n) is 7.24. The Bertz CT molecular complexity index is 1190. The number of anilines is 1. The van der Waals surface area contributed by atoms with Crippen molar-refractivity contribution in [2.24, 2.45) is 5.92 Å². The van der Waals surface area contributed by atoms with E-state index < -0.39 is 15.9 Å². The molecule has 31 heavy (non-hydrogen) atoms. The number of aromatic nitrogens is 1. The van der Waals surface area contributed by atoms with Gasteiger partial charge in [0.1, 0.15) is 4.21 Å². The Morgan fingerprint density at radius 3 is 2.61 bits per heavy atom. The van der Waals surface area contributed by atoms with Gasteiger partial charge in [-0.1, -0.05) is 47.7 Å². The van der Waals surface area contributed by atoms with Gasteiger partial charge in [0.05, 0.1) is 16.5 Å². The largest absolute Gasteiger partial charge is 0.302 e. The molecule has 0 bridgehead atoms. The molecule has 10 heteroatoms. The lowest BCUT2D eigenvalue weighted by Crippen LogP contribution is -2.43. The highest BCUT2D eigenvalue weighted by atomic mass is 32.2. The molecule has 0 aliphatic carbocycles. The van der Waals surface area contributed by atoms with Gasteiger partial charge < -0.3 is 5.32 Å². The first-order valence-electron chi connectivity index (χ1n) is 9.78. The van der Waals surface area contributed by atoms with E-state index >= 15 is 0 Å². The average molecular weight is 476 g/mol. The predicted octanol–water partition coefficient (Wildman–Crippen LogP) is 4.11. The van der Waals surface area contributed by atoms with Crippen molar-refractivity contribution in [3.8, 4) is 11.3 Å². The number of rotatable bonds is 6. The highest BCUT2D eigenvalue weighted by Gasteiger charge is 2.34. The average Bonchev–Trinajstić information content (AvgIpc) is 3.45. The van der Waals surface area contributed by atoms with Gasteiger partial charge >= 0.3 is 0 Å². The minimum absolute atomic E-state index is 0.122. The summed E-state index contributed by atoms with van der Waals surface area (Å²) in [6.07, 6.45) is 1.20. The molecular weight excluding hydrogens is 454 g/mol. The van der Waals surface area contributed by atoms with E-state index in [1.54, 1.807) is 17.5 Å². The van der Waals surface area contributed by atoms with Crippen LogP contribution in [0.1, 0.15) is 29.4 Å². The number of amides is 1. The summed E-state index contributed by atoms with van der Waals surface area (Å²) in [6.45, 7) is 2.00. The number of nitrogens with zero attached hydrogens (tertiary/aromatic N) is 2. The van der Waals surface area contributed by atoms with Crippen molar-refractivity contribution < 1.29 is 18.0 Å². The minimum atomic E-state index is -3.59. The molecule has 1 N–H and O–H groups in total. The molecule has 0 saturated carbocycles. The summed E-state index contributed by atoms with van der Waals surface area (Å²) in [6, 6.07) is 12.6. The zero-order valence-electron chi connectivity index (χ0n) is 16.8. The molecule has 1 saturated heterocycles. The van der Waals surface area contributed by atoms with Gasteiger partial charge in [-0.25, -0.2) is 13.4 Å². The molecule has 1 atom stereocenters. The lowest BCUT2D eigenvalue weighted by atomic mass is 9.99. The molecule has 3 heterocycles. The Morgan fingerprint density at radius 2 is 1.94 bits per heavy atom. The summed E-state index contributed by atoms with van der Waals surface area (Å²) in [7, 11) is -3.59. The SMILES string of the molecule is CC(=O)c1sc(NC(=O)C2CCCN(S(=O)(=O)c3cccs3)C2)nc1-c1ccccc1. The van der Waals surface area contributed by atoms with Gasteiger partial charge in [-0.05, 0) is 24.3 Å². The van der Waals surface area contributed by atoms with Gasteiger partial charge in [-0.3, -0.25) is 9.59 Å². The number of thiophene rings is 1. The summed E-state index contributed by atoms with van der Waals surface area (Å²) in [4.78, 5) is 30.0. The second-order valence-corrected chi connectivity index (χ2v) is 11.4. The first-order valence-corrected chi connectivity index (χ1v) is 12.9. The van der Waals surface area contributed by atoms with Crippen molar-refractivity contribution in [1.29, 1.82) is 0 Å². The normalized spacial score (nSPS) is 17.4. The molecule has 2 aromatic heterocycles. The third-order valence-electron chi connectivity index (χ3n) is 5.07. The molecule has 0 spiro atoms. The summed E-state index contributed by atoms with van der Waals surface area (Å²) >= 11 is 2.31. The third-order valence-corrected chi connectivity index (χ3v) is 9.38. The van der Waals surface area contributed by atoms with Gasteiger partial charge in [0.25, 0.3) is 10.0 Å². The molecule has 3 aromatic rings. The Labute approximate surface area is 188 Å². The van der Waals surface area contributed by atoms with Crippen molar-refractivity contribution in [1.82, 2.24) is 9.29 Å². The monoisotopic (exact) mass is 475 g/mol. The van der Waals surface area contributed by atoms with E-state index in [9.17, 15) is 18.0 Å². The summed E-state index contributed by atoms with van der Waals surface area (Å²) in [5, 5.41) is 4.86. The Kier molecular flexibility index (Phi) is 6.33. The number of ketones is 1. The van der Waals surface area contributed by atoms with Crippen LogP contribution in [0.3, 0.4) is 0 Å². The van der Waals surface area contributed by atoms with Crippen LogP contribution in [0.25, 0.3) is 11.3 Å². The maximum absolute atomic E-state index is 12.9. The highest BCUT2D eigenvalue weighted by Crippen LogP contribution is 2.32. The molecule has 1 aliphatic rings. The Morgan fingerprint density at radius 1 is 1.16 bits per heavy atom. The standard InChI is InChI=1S/C21H21N3O4S3/c1-14(25)19-18(15-7-3-2-4-8-15)22-21(30-19)23-20(26)16-9-5-11-24(13-16)31(27,28)17-10-6-12-29-17/h2-4,6-8,10,12,16H,5,9,11,13H2,1H3,(H,22,23,26). The van der Waals surface area contributed by atoms with E-state index in [2.05, 4.69) is 10.3 Å². The summed E-state index contributed by atoms with van der Waals surface area (Å²) in [5.74, 6) is -0.884. The number of piperidine rings is 1. The maximum Gasteiger partial charge on any atom is 0.252 e. The molecule has 1 amide bonds. The van der Waals surface area contributed by atoms with Crippen molar-refractivity contribution >= 4 is 49.5 Å². The van der Waals surface area contributed by atoms with Crippen LogP contribution in [0.2, 0.25) is 0 Å². The van der Waals surface area contributed by atoms with Gasteiger partial charge in [-0.15, -0.1) is 11.3 Å². The number of carbonyl (C=O) groups is 2. The molecule has 1 aromatic carbocycles. The van der Waals surface area contributed by atoms with E-state index in [1.165, 1.54) is 22.6 Å². The fourth-order valence-corrected chi connectivity index (χ4v) is 7.08. The number of thiazole rings is 1. The topological polar surface area (TPSA) is 96.4 Å². The van der Waals surface area contributed by atoms with E-state index in [-0.39, 0.29) is 22.4 Å². The molecule has 0 radical (unpaired) electrons. The number of Topliss-reactive ketones (excluding diaryl/α,β-unsaturated/α-hetero) is 1. The lowest BCUT2D eigenvalue weighted by molar-refractivity contribution is -0.120. The van der Waals surface area contributed by atoms with Gasteiger partial charge in [0, 0.05) is 25.6 Å². The molecule has 4 rings (SSSR count). The van der Waals surface area contributed by atoms with Gasteiger partial charge in [0.15, 0.2) is 10.9 Å². The number of sulfonamides is 1. The quantitative estimate of drug-likeness (QED) is 0.541. The Hall–Kier alpha value is -2.40. The summed E-state index contributed by atoms with van der Waals surface area (Å²) in [5.41, 5.74) is 1.34. The second kappa shape index (κ2) is 8.99. The number of hydrogen-bond donors (Lipinski definition) is 1. The first kappa shape index (κ1) is 21.8. The maximum atomic E-state index is 12.9. The number of benzene rings is 1. The van der Waals surface area contributed by atoms with Gasteiger partial charge in [0.2, 0.25) is 5.91 Å². The molecule has 162 valence electrons. The zero-order chi connectivity index (χ0) is 22.0. The molecular formula is C21H21N3O4S3. The van der Waals surface area contributed by atoms with Crippen molar-refractivity contribution in [3.05, 3.63) is 52.7 Å². The third kappa shape index (κ3) is 4.62. The van der Waals surface area contributed by atoms with E-state index in [4.69, 9.17) is 0 Å². The molecule has 1 unspecified atom stereocenters. The van der Waals surface area contributed by atoms with Crippen molar-refractivity contribution in [2.75, 3.05) is 18.4 Å². The van der Waals surface area contributed by atoms with Crippen LogP contribution in [0.4, 0.5) is 5.13 Å². The molecule has 1 aliphatic heterocycles. The van der Waals surface area contributed by atoms with Crippen LogP contribution >= 0.6 is 22.7 Å². The smallest absolute Gasteiger partial charge is 0.252 e. The Balaban J connectivity index is 1.51. The van der Waals surface area contributed by atoms with E-state index in [0.29, 0.717) is 35.1 Å². The van der Waals surface area contributed by atoms with Crippen molar-refractivity contribution in [2.45, 2.75) is 24.0 Å². The first-order chi connectivity index (χ1) is 14.9. The van der Waals surface area contributed by atoms with Crippen LogP contribution in [0, 0.1) is 5.92 Å². The zero-order valence-corrected chi connectivity index (χ0v) is 19.2. The lowest BCUT2D eigenvalue weighted by Gasteiger charge is -2.30. The molecule has 7 nitrogen and oxygen atoms in total. The van der Waals surface area contributed by atoms with Crippen LogP contribution in [0.15, 0.2) is 52.1 Å². The van der Waals surface area contributed by atoms with Crippen LogP contribution in [-0.4, -0.2) is 42.5 Å². The predicted molar refractivity (Wildman–Crippen MR) is 122 cm³/mol. The minimum Gasteiger partial charge on any atom is -0.302 e. The molecule has 1 fully saturated rings. The number of nitrogens with one attached hydrogen (secondary N) is 1. The number of hydrogen-bond acceptors (Lipinski definition) is 7. The fourth-order valence-electron chi connectivity index (χ4n) is 3.52. The van der Waals surface area contributed by atoms with E-state index in [0.717, 1.165) is 16.9 Å². The van der Waals surface area contributed by atoms with Crippen LogP contribution < -0.4 is 5.32 Å². The van der Waals surface area contributed by atoms with E-state index in [1.807, 2.05) is 30.3 Å². The number of carbonyl (C=O) groups excluding carboxylic acids is 2. The van der Waals surface area contributed by atoms with Crippen LogP contribution in [-0.2, 0) is 14.8 Å². The van der Waals surface area contributed by atoms with Crippen molar-refractivity contribution in [3.63, 3.8) is 0 Å². The van der Waals surface area contributed by atoms with Gasteiger partial charge in [-0.2, -0.15) is 4.31 Å². The summed E-state index contributed by atoms with van der Waals surface area (Å²) < 4.78 is 27.3. The fraction of sp³-hybridized carbons (Fsp3) is 0.286.